The number of aryl methyl sites for hydroxylation is 2. The molecule has 3 aromatic rings. The molecule has 4 rings (SSSR count). The van der Waals surface area contributed by atoms with Gasteiger partial charge in [0.1, 0.15) is 18.2 Å². The topological polar surface area (TPSA) is 56.1 Å². The van der Waals surface area contributed by atoms with Gasteiger partial charge in [-0.1, -0.05) is 29.8 Å². The highest BCUT2D eigenvalue weighted by Crippen LogP contribution is 2.28. The summed E-state index contributed by atoms with van der Waals surface area (Å²) in [5.41, 5.74) is 4.48. The predicted octanol–water partition coefficient (Wildman–Crippen LogP) is 3.80. The molecule has 5 nitrogen and oxygen atoms in total. The first kappa shape index (κ1) is 18.5. The highest BCUT2D eigenvalue weighted by molar-refractivity contribution is 5.80. The minimum Gasteiger partial charge on any atom is -0.491 e. The number of benzene rings is 2. The van der Waals surface area contributed by atoms with Gasteiger partial charge in [0.2, 0.25) is 5.91 Å². The fourth-order valence-electron chi connectivity index (χ4n) is 3.56. The number of hydrogen-bond donors (Lipinski definition) is 1. The van der Waals surface area contributed by atoms with Crippen molar-refractivity contribution in [2.45, 2.75) is 39.7 Å². The van der Waals surface area contributed by atoms with Crippen LogP contribution in [-0.4, -0.2) is 28.6 Å². The molecular formula is C23H27N3O2. The first-order valence-electron chi connectivity index (χ1n) is 10.0. The molecule has 1 heterocycles. The summed E-state index contributed by atoms with van der Waals surface area (Å²) in [5, 5.41) is 3.04. The molecule has 1 amide bonds. The summed E-state index contributed by atoms with van der Waals surface area (Å²) in [6.45, 7) is 6.08. The van der Waals surface area contributed by atoms with Gasteiger partial charge in [0, 0.05) is 18.9 Å². The van der Waals surface area contributed by atoms with E-state index in [1.54, 1.807) is 0 Å². The van der Waals surface area contributed by atoms with Gasteiger partial charge in [0.25, 0.3) is 0 Å². The second-order valence-electron chi connectivity index (χ2n) is 7.60. The van der Waals surface area contributed by atoms with Crippen molar-refractivity contribution < 1.29 is 9.53 Å². The van der Waals surface area contributed by atoms with Gasteiger partial charge in [0.15, 0.2) is 0 Å². The van der Waals surface area contributed by atoms with Crippen LogP contribution in [0.25, 0.3) is 11.0 Å². The normalized spacial score (nSPS) is 13.6. The molecule has 0 spiro atoms. The Labute approximate surface area is 165 Å². The average Bonchev–Trinajstić information content (AvgIpc) is 3.47. The standard InChI is InChI=1S/C23H27N3O2/c1-16-7-10-21(17(2)15-16)28-14-13-26-20-6-4-3-5-19(20)25-22(26)11-12-24-23(27)18-8-9-18/h3-7,10,15,18H,8-9,11-14H2,1-2H3,(H,24,27). The number of nitrogens with one attached hydrogen (secondary N) is 1. The summed E-state index contributed by atoms with van der Waals surface area (Å²) in [7, 11) is 0. The maximum Gasteiger partial charge on any atom is 0.223 e. The van der Waals surface area contributed by atoms with E-state index in [2.05, 4.69) is 41.9 Å². The van der Waals surface area contributed by atoms with E-state index < -0.39 is 0 Å². The zero-order chi connectivity index (χ0) is 19.5. The van der Waals surface area contributed by atoms with Crippen molar-refractivity contribution in [1.82, 2.24) is 14.9 Å². The van der Waals surface area contributed by atoms with Crippen molar-refractivity contribution in [3.05, 3.63) is 59.4 Å². The minimum absolute atomic E-state index is 0.181. The number of para-hydroxylation sites is 2. The van der Waals surface area contributed by atoms with E-state index in [0.29, 0.717) is 13.2 Å². The molecule has 5 heteroatoms. The number of nitrogens with zero attached hydrogens (tertiary/aromatic N) is 2. The molecule has 1 aliphatic rings. The lowest BCUT2D eigenvalue weighted by Gasteiger charge is -2.13. The highest BCUT2D eigenvalue weighted by Gasteiger charge is 2.29. The van der Waals surface area contributed by atoms with E-state index in [9.17, 15) is 4.79 Å². The van der Waals surface area contributed by atoms with E-state index in [1.807, 2.05) is 24.3 Å². The van der Waals surface area contributed by atoms with Gasteiger partial charge >= 0.3 is 0 Å². The third-order valence-corrected chi connectivity index (χ3v) is 5.23. The number of ether oxygens (including phenoxy) is 1. The first-order chi connectivity index (χ1) is 13.6. The van der Waals surface area contributed by atoms with Crippen LogP contribution in [0.5, 0.6) is 5.75 Å². The lowest BCUT2D eigenvalue weighted by molar-refractivity contribution is -0.122. The van der Waals surface area contributed by atoms with Gasteiger partial charge in [-0.15, -0.1) is 0 Å². The molecule has 0 aliphatic heterocycles. The summed E-state index contributed by atoms with van der Waals surface area (Å²) in [6, 6.07) is 14.4. The molecule has 1 saturated carbocycles. The molecule has 0 saturated heterocycles. The molecule has 1 N–H and O–H groups in total. The fraction of sp³-hybridized carbons (Fsp3) is 0.391. The Hall–Kier alpha value is -2.82. The minimum atomic E-state index is 0.181. The van der Waals surface area contributed by atoms with Crippen LogP contribution in [-0.2, 0) is 17.8 Å². The predicted molar refractivity (Wildman–Crippen MR) is 111 cm³/mol. The maximum atomic E-state index is 11.9. The van der Waals surface area contributed by atoms with Crippen molar-refractivity contribution >= 4 is 16.9 Å². The van der Waals surface area contributed by atoms with Gasteiger partial charge in [-0.3, -0.25) is 4.79 Å². The summed E-state index contributed by atoms with van der Waals surface area (Å²) in [5.74, 6) is 2.33. The smallest absolute Gasteiger partial charge is 0.223 e. The number of carbonyl (C=O) groups is 1. The summed E-state index contributed by atoms with van der Waals surface area (Å²) >= 11 is 0. The van der Waals surface area contributed by atoms with Crippen molar-refractivity contribution in [1.29, 1.82) is 0 Å². The van der Waals surface area contributed by atoms with E-state index in [4.69, 9.17) is 9.72 Å². The number of imidazole rings is 1. The van der Waals surface area contributed by atoms with Crippen molar-refractivity contribution in [3.8, 4) is 5.75 Å². The van der Waals surface area contributed by atoms with E-state index in [0.717, 1.165) is 54.0 Å². The molecule has 28 heavy (non-hydrogen) atoms. The molecule has 1 fully saturated rings. The van der Waals surface area contributed by atoms with Crippen LogP contribution < -0.4 is 10.1 Å². The van der Waals surface area contributed by atoms with Crippen LogP contribution in [0, 0.1) is 19.8 Å². The quantitative estimate of drug-likeness (QED) is 0.650. The Morgan fingerprint density at radius 1 is 1.21 bits per heavy atom. The molecule has 0 radical (unpaired) electrons. The monoisotopic (exact) mass is 377 g/mol. The van der Waals surface area contributed by atoms with E-state index >= 15 is 0 Å². The number of fused-ring (bicyclic) bond motifs is 1. The van der Waals surface area contributed by atoms with Gasteiger partial charge in [0.05, 0.1) is 17.6 Å². The Morgan fingerprint density at radius 3 is 2.82 bits per heavy atom. The molecule has 0 unspecified atom stereocenters. The Morgan fingerprint density at radius 2 is 2.04 bits per heavy atom. The zero-order valence-corrected chi connectivity index (χ0v) is 16.6. The van der Waals surface area contributed by atoms with Gasteiger partial charge < -0.3 is 14.6 Å². The van der Waals surface area contributed by atoms with Gasteiger partial charge in [-0.05, 0) is 50.5 Å². The SMILES string of the molecule is Cc1ccc(OCCn2c(CCNC(=O)C3CC3)nc3ccccc32)c(C)c1. The Balaban J connectivity index is 1.44. The van der Waals surface area contributed by atoms with Crippen LogP contribution in [0.4, 0.5) is 0 Å². The van der Waals surface area contributed by atoms with Crippen LogP contribution in [0.1, 0.15) is 29.8 Å². The largest absolute Gasteiger partial charge is 0.491 e. The van der Waals surface area contributed by atoms with Crippen LogP contribution in [0.3, 0.4) is 0 Å². The van der Waals surface area contributed by atoms with Crippen LogP contribution >= 0.6 is 0 Å². The number of rotatable bonds is 8. The average molecular weight is 377 g/mol. The molecule has 2 aromatic carbocycles. The van der Waals surface area contributed by atoms with Crippen molar-refractivity contribution in [3.63, 3.8) is 0 Å². The van der Waals surface area contributed by atoms with Gasteiger partial charge in [-0.25, -0.2) is 4.98 Å². The lowest BCUT2D eigenvalue weighted by atomic mass is 10.1. The molecule has 1 aliphatic carbocycles. The van der Waals surface area contributed by atoms with E-state index in [-0.39, 0.29) is 11.8 Å². The summed E-state index contributed by atoms with van der Waals surface area (Å²) in [6.07, 6.45) is 2.77. The van der Waals surface area contributed by atoms with Gasteiger partial charge in [-0.2, -0.15) is 0 Å². The molecule has 1 aromatic heterocycles. The summed E-state index contributed by atoms with van der Waals surface area (Å²) in [4.78, 5) is 16.7. The Bertz CT molecular complexity index is 989. The molecule has 0 atom stereocenters. The van der Waals surface area contributed by atoms with Crippen molar-refractivity contribution in [2.24, 2.45) is 5.92 Å². The molecular weight excluding hydrogens is 350 g/mol. The first-order valence-corrected chi connectivity index (χ1v) is 10.0. The van der Waals surface area contributed by atoms with Crippen LogP contribution in [0.15, 0.2) is 42.5 Å². The fourth-order valence-corrected chi connectivity index (χ4v) is 3.56. The van der Waals surface area contributed by atoms with E-state index in [1.165, 1.54) is 5.56 Å². The lowest BCUT2D eigenvalue weighted by Crippen LogP contribution is -2.27. The number of carbonyl (C=O) groups excluding carboxylic acids is 1. The third-order valence-electron chi connectivity index (χ3n) is 5.23. The summed E-state index contributed by atoms with van der Waals surface area (Å²) < 4.78 is 8.24. The second kappa shape index (κ2) is 8.05. The Kier molecular flexibility index (Phi) is 5.33. The van der Waals surface area contributed by atoms with Crippen LogP contribution in [0.2, 0.25) is 0 Å². The highest BCUT2D eigenvalue weighted by atomic mass is 16.5. The number of amides is 1. The zero-order valence-electron chi connectivity index (χ0n) is 16.6. The maximum absolute atomic E-state index is 11.9. The second-order valence-corrected chi connectivity index (χ2v) is 7.60. The van der Waals surface area contributed by atoms with Crippen molar-refractivity contribution in [2.75, 3.05) is 13.2 Å². The molecule has 146 valence electrons. The number of aromatic nitrogens is 2. The third kappa shape index (κ3) is 4.19. The number of hydrogen-bond acceptors (Lipinski definition) is 3. The molecule has 0 bridgehead atoms.